The fourth-order valence-corrected chi connectivity index (χ4v) is 1.62. The highest BCUT2D eigenvalue weighted by Crippen LogP contribution is 2.29. The lowest BCUT2D eigenvalue weighted by atomic mass is 9.85. The van der Waals surface area contributed by atoms with Crippen molar-refractivity contribution in [3.8, 4) is 0 Å². The molecule has 0 spiro atoms. The van der Waals surface area contributed by atoms with Gasteiger partial charge in [-0.2, -0.15) is 0 Å². The zero-order valence-electron chi connectivity index (χ0n) is 6.42. The molecule has 2 nitrogen and oxygen atoms in total. The maximum absolute atomic E-state index is 12.9. The van der Waals surface area contributed by atoms with Crippen LogP contribution in [0.1, 0.15) is 32.1 Å². The third kappa shape index (κ3) is 2.48. The molecule has 0 bridgehead atoms. The van der Waals surface area contributed by atoms with Crippen molar-refractivity contribution in [2.24, 2.45) is 5.92 Å². The van der Waals surface area contributed by atoms with E-state index in [2.05, 4.69) is 0 Å². The van der Waals surface area contributed by atoms with Crippen molar-refractivity contribution in [3.05, 3.63) is 0 Å². The summed E-state index contributed by atoms with van der Waals surface area (Å²) in [6.45, 7) is 0. The smallest absolute Gasteiger partial charge is 0.303 e. The number of carboxylic acids is 1. The minimum atomic E-state index is -0.875. The summed E-state index contributed by atoms with van der Waals surface area (Å²) in [5, 5.41) is 8.42. The highest BCUT2D eigenvalue weighted by Gasteiger charge is 2.26. The van der Waals surface area contributed by atoms with Crippen LogP contribution in [0.5, 0.6) is 0 Å². The van der Waals surface area contributed by atoms with Crippen LogP contribution in [0.3, 0.4) is 0 Å². The van der Waals surface area contributed by atoms with Gasteiger partial charge in [-0.25, -0.2) is 4.39 Å². The van der Waals surface area contributed by atoms with Crippen LogP contribution in [0.25, 0.3) is 0 Å². The number of aliphatic carboxylic acids is 1. The van der Waals surface area contributed by atoms with Crippen LogP contribution in [0, 0.1) is 5.92 Å². The van der Waals surface area contributed by atoms with Gasteiger partial charge in [0.1, 0.15) is 6.17 Å². The lowest BCUT2D eigenvalue weighted by Crippen LogP contribution is -2.23. The highest BCUT2D eigenvalue weighted by molar-refractivity contribution is 5.67. The van der Waals surface area contributed by atoms with Crippen molar-refractivity contribution in [2.45, 2.75) is 38.3 Å². The second-order valence-electron chi connectivity index (χ2n) is 3.16. The lowest BCUT2D eigenvalue weighted by molar-refractivity contribution is -0.139. The topological polar surface area (TPSA) is 37.3 Å². The van der Waals surface area contributed by atoms with E-state index in [1.807, 2.05) is 0 Å². The molecule has 1 aliphatic rings. The zero-order valence-corrected chi connectivity index (χ0v) is 6.42. The number of carbonyl (C=O) groups is 1. The second kappa shape index (κ2) is 3.69. The summed E-state index contributed by atoms with van der Waals surface area (Å²) >= 11 is 0. The van der Waals surface area contributed by atoms with Crippen molar-refractivity contribution < 1.29 is 14.3 Å². The van der Waals surface area contributed by atoms with E-state index in [0.717, 1.165) is 19.3 Å². The molecule has 1 N–H and O–H groups in total. The van der Waals surface area contributed by atoms with Gasteiger partial charge in [-0.3, -0.25) is 4.79 Å². The Labute approximate surface area is 65.4 Å². The normalized spacial score (nSPS) is 31.7. The maximum atomic E-state index is 12.9. The third-order valence-corrected chi connectivity index (χ3v) is 2.25. The molecule has 0 radical (unpaired) electrons. The van der Waals surface area contributed by atoms with Crippen LogP contribution < -0.4 is 0 Å². The standard InChI is InChI=1S/C8H13FO2/c9-7-4-2-1-3-6(7)5-8(10)11/h6-7H,1-5H2,(H,10,11). The molecule has 0 amide bonds. The van der Waals surface area contributed by atoms with Crippen LogP contribution in [0.2, 0.25) is 0 Å². The Morgan fingerprint density at radius 3 is 2.64 bits per heavy atom. The van der Waals surface area contributed by atoms with E-state index < -0.39 is 12.1 Å². The molecule has 1 saturated carbocycles. The first kappa shape index (κ1) is 8.50. The summed E-state index contributed by atoms with van der Waals surface area (Å²) in [6.07, 6.45) is 2.32. The first-order valence-electron chi connectivity index (χ1n) is 4.06. The Balaban J connectivity index is 2.35. The van der Waals surface area contributed by atoms with Gasteiger partial charge in [-0.1, -0.05) is 12.8 Å². The number of alkyl halides is 1. The molecule has 1 aliphatic carbocycles. The quantitative estimate of drug-likeness (QED) is 0.670. The molecule has 0 aromatic heterocycles. The molecule has 2 unspecified atom stereocenters. The average Bonchev–Trinajstić information content (AvgIpc) is 1.93. The molecular weight excluding hydrogens is 147 g/mol. The summed E-state index contributed by atoms with van der Waals surface area (Å²) in [4.78, 5) is 10.2. The molecule has 0 heterocycles. The number of hydrogen-bond acceptors (Lipinski definition) is 1. The molecule has 1 fully saturated rings. The van der Waals surface area contributed by atoms with E-state index in [9.17, 15) is 9.18 Å². The van der Waals surface area contributed by atoms with Crippen LogP contribution in [0.15, 0.2) is 0 Å². The molecule has 11 heavy (non-hydrogen) atoms. The SMILES string of the molecule is O=C(O)CC1CCCCC1F. The fraction of sp³-hybridized carbons (Fsp3) is 0.875. The first-order chi connectivity index (χ1) is 5.20. The van der Waals surface area contributed by atoms with Gasteiger partial charge in [-0.05, 0) is 12.8 Å². The molecular formula is C8H13FO2. The van der Waals surface area contributed by atoms with Crippen molar-refractivity contribution >= 4 is 5.97 Å². The zero-order chi connectivity index (χ0) is 8.27. The van der Waals surface area contributed by atoms with Crippen molar-refractivity contribution in [2.75, 3.05) is 0 Å². The van der Waals surface area contributed by atoms with E-state index in [1.54, 1.807) is 0 Å². The summed E-state index contributed by atoms with van der Waals surface area (Å²) < 4.78 is 12.9. The third-order valence-electron chi connectivity index (χ3n) is 2.25. The van der Waals surface area contributed by atoms with Gasteiger partial charge in [0.05, 0.1) is 6.42 Å². The molecule has 0 aliphatic heterocycles. The van der Waals surface area contributed by atoms with E-state index in [-0.39, 0.29) is 12.3 Å². The van der Waals surface area contributed by atoms with Crippen LogP contribution in [-0.2, 0) is 4.79 Å². The summed E-state index contributed by atoms with van der Waals surface area (Å²) in [6, 6.07) is 0. The Kier molecular flexibility index (Phi) is 2.85. The molecule has 1 rings (SSSR count). The van der Waals surface area contributed by atoms with E-state index >= 15 is 0 Å². The minimum Gasteiger partial charge on any atom is -0.481 e. The van der Waals surface area contributed by atoms with Crippen molar-refractivity contribution in [3.63, 3.8) is 0 Å². The number of rotatable bonds is 2. The summed E-state index contributed by atoms with van der Waals surface area (Å²) in [5.74, 6) is -1.10. The van der Waals surface area contributed by atoms with Crippen LogP contribution in [0.4, 0.5) is 4.39 Å². The second-order valence-corrected chi connectivity index (χ2v) is 3.16. The molecule has 0 saturated heterocycles. The number of hydrogen-bond donors (Lipinski definition) is 1. The van der Waals surface area contributed by atoms with Crippen molar-refractivity contribution in [1.82, 2.24) is 0 Å². The lowest BCUT2D eigenvalue weighted by Gasteiger charge is -2.23. The van der Waals surface area contributed by atoms with Gasteiger partial charge in [0.15, 0.2) is 0 Å². The Bertz CT molecular complexity index is 147. The van der Waals surface area contributed by atoms with Crippen molar-refractivity contribution in [1.29, 1.82) is 0 Å². The van der Waals surface area contributed by atoms with Crippen LogP contribution >= 0.6 is 0 Å². The van der Waals surface area contributed by atoms with Gasteiger partial charge in [0.25, 0.3) is 0 Å². The molecule has 3 heteroatoms. The predicted octanol–water partition coefficient (Wildman–Crippen LogP) is 1.99. The Morgan fingerprint density at radius 1 is 1.45 bits per heavy atom. The Hall–Kier alpha value is -0.600. The van der Waals surface area contributed by atoms with Gasteiger partial charge in [-0.15, -0.1) is 0 Å². The highest BCUT2D eigenvalue weighted by atomic mass is 19.1. The number of halogens is 1. The minimum absolute atomic E-state index is 0.00116. The first-order valence-corrected chi connectivity index (χ1v) is 4.06. The van der Waals surface area contributed by atoms with Crippen LogP contribution in [-0.4, -0.2) is 17.2 Å². The Morgan fingerprint density at radius 2 is 2.09 bits per heavy atom. The molecule has 2 atom stereocenters. The molecule has 64 valence electrons. The van der Waals surface area contributed by atoms with E-state index in [1.165, 1.54) is 0 Å². The summed E-state index contributed by atoms with van der Waals surface area (Å²) in [5.41, 5.74) is 0. The van der Waals surface area contributed by atoms with E-state index in [4.69, 9.17) is 5.11 Å². The largest absolute Gasteiger partial charge is 0.481 e. The van der Waals surface area contributed by atoms with E-state index in [0.29, 0.717) is 6.42 Å². The fourth-order valence-electron chi connectivity index (χ4n) is 1.62. The summed E-state index contributed by atoms with van der Waals surface area (Å²) in [7, 11) is 0. The van der Waals surface area contributed by atoms with Gasteiger partial charge in [0, 0.05) is 5.92 Å². The van der Waals surface area contributed by atoms with Gasteiger partial charge < -0.3 is 5.11 Å². The monoisotopic (exact) mass is 160 g/mol. The molecule has 0 aromatic rings. The van der Waals surface area contributed by atoms with Gasteiger partial charge >= 0.3 is 5.97 Å². The molecule has 0 aromatic carbocycles. The number of carboxylic acid groups (broad SMARTS) is 1. The average molecular weight is 160 g/mol. The maximum Gasteiger partial charge on any atom is 0.303 e. The predicted molar refractivity (Wildman–Crippen MR) is 39.1 cm³/mol. The van der Waals surface area contributed by atoms with Gasteiger partial charge in [0.2, 0.25) is 0 Å².